The van der Waals surface area contributed by atoms with E-state index in [1.54, 1.807) is 6.20 Å². The lowest BCUT2D eigenvalue weighted by atomic mass is 10.0. The minimum Gasteiger partial charge on any atom is -0.310 e. The van der Waals surface area contributed by atoms with Crippen molar-refractivity contribution in [2.75, 3.05) is 0 Å². The van der Waals surface area contributed by atoms with Gasteiger partial charge in [0, 0.05) is 11.9 Å². The zero-order chi connectivity index (χ0) is 14.8. The van der Waals surface area contributed by atoms with Crippen molar-refractivity contribution < 1.29 is 0 Å². The summed E-state index contributed by atoms with van der Waals surface area (Å²) in [6, 6.07) is 10.3. The zero-order valence-corrected chi connectivity index (χ0v) is 12.6. The molecule has 20 heavy (non-hydrogen) atoms. The third kappa shape index (κ3) is 5.39. The number of benzene rings is 1. The van der Waals surface area contributed by atoms with Crippen LogP contribution in [-0.2, 0) is 19.3 Å². The average Bonchev–Trinajstić information content (AvgIpc) is 2.47. The molecule has 0 atom stereocenters. The Hall–Kier alpha value is -1.90. The summed E-state index contributed by atoms with van der Waals surface area (Å²) in [5.74, 6) is 0. The van der Waals surface area contributed by atoms with Gasteiger partial charge >= 0.3 is 5.69 Å². The van der Waals surface area contributed by atoms with Gasteiger partial charge in [-0.25, -0.2) is 9.78 Å². The fourth-order valence-electron chi connectivity index (χ4n) is 1.91. The summed E-state index contributed by atoms with van der Waals surface area (Å²) in [4.78, 5) is 17.7. The number of H-pyrrole nitrogens is 1. The molecule has 2 rings (SSSR count). The van der Waals surface area contributed by atoms with Gasteiger partial charge in [0.05, 0.1) is 0 Å². The third-order valence-electron chi connectivity index (χ3n) is 2.86. The predicted octanol–water partition coefficient (Wildman–Crippen LogP) is 3.53. The molecular formula is C17H24N2O. The SMILES string of the molecule is CCC.CCc1[nH]c(=O)ncc1CCc1ccccc1. The Labute approximate surface area is 121 Å². The molecule has 0 bridgehead atoms. The summed E-state index contributed by atoms with van der Waals surface area (Å²) in [7, 11) is 0. The van der Waals surface area contributed by atoms with Gasteiger partial charge < -0.3 is 4.98 Å². The molecule has 3 nitrogen and oxygen atoms in total. The van der Waals surface area contributed by atoms with Crippen molar-refractivity contribution in [3.63, 3.8) is 0 Å². The number of nitrogens with one attached hydrogen (secondary N) is 1. The van der Waals surface area contributed by atoms with Crippen LogP contribution < -0.4 is 5.69 Å². The molecule has 0 aliphatic heterocycles. The Morgan fingerprint density at radius 2 is 1.70 bits per heavy atom. The second kappa shape index (κ2) is 9.08. The molecule has 0 spiro atoms. The van der Waals surface area contributed by atoms with Gasteiger partial charge in [0.1, 0.15) is 0 Å². The summed E-state index contributed by atoms with van der Waals surface area (Å²) in [6.45, 7) is 6.29. The fourth-order valence-corrected chi connectivity index (χ4v) is 1.91. The third-order valence-corrected chi connectivity index (χ3v) is 2.86. The van der Waals surface area contributed by atoms with Gasteiger partial charge in [-0.05, 0) is 30.4 Å². The molecule has 0 amide bonds. The predicted molar refractivity (Wildman–Crippen MR) is 84.1 cm³/mol. The van der Waals surface area contributed by atoms with Gasteiger partial charge in [-0.15, -0.1) is 0 Å². The molecule has 0 saturated carbocycles. The second-order valence-electron chi connectivity index (χ2n) is 4.74. The highest BCUT2D eigenvalue weighted by Crippen LogP contribution is 2.09. The van der Waals surface area contributed by atoms with Crippen molar-refractivity contribution in [2.24, 2.45) is 0 Å². The molecular weight excluding hydrogens is 248 g/mol. The summed E-state index contributed by atoms with van der Waals surface area (Å²) < 4.78 is 0. The summed E-state index contributed by atoms with van der Waals surface area (Å²) in [5, 5.41) is 0. The molecule has 0 aliphatic carbocycles. The van der Waals surface area contributed by atoms with E-state index in [4.69, 9.17) is 0 Å². The van der Waals surface area contributed by atoms with Crippen LogP contribution in [0.5, 0.6) is 0 Å². The van der Waals surface area contributed by atoms with Crippen LogP contribution in [0.4, 0.5) is 0 Å². The Bertz CT molecular complexity index is 546. The highest BCUT2D eigenvalue weighted by atomic mass is 16.1. The Morgan fingerprint density at radius 1 is 1.05 bits per heavy atom. The molecule has 2 aromatic rings. The van der Waals surface area contributed by atoms with E-state index in [0.717, 1.165) is 30.5 Å². The molecule has 1 aromatic carbocycles. The highest BCUT2D eigenvalue weighted by molar-refractivity contribution is 5.20. The largest absolute Gasteiger partial charge is 0.345 e. The number of aromatic nitrogens is 2. The minimum atomic E-state index is -0.259. The van der Waals surface area contributed by atoms with Crippen molar-refractivity contribution in [2.45, 2.75) is 46.5 Å². The van der Waals surface area contributed by atoms with Gasteiger partial charge in [-0.1, -0.05) is 57.5 Å². The number of nitrogens with zero attached hydrogens (tertiary/aromatic N) is 1. The van der Waals surface area contributed by atoms with Gasteiger partial charge in [0.25, 0.3) is 0 Å². The summed E-state index contributed by atoms with van der Waals surface area (Å²) >= 11 is 0. The van der Waals surface area contributed by atoms with Crippen molar-refractivity contribution in [3.8, 4) is 0 Å². The van der Waals surface area contributed by atoms with Gasteiger partial charge in [-0.2, -0.15) is 0 Å². The smallest absolute Gasteiger partial charge is 0.310 e. The van der Waals surface area contributed by atoms with Gasteiger partial charge in [-0.3, -0.25) is 0 Å². The number of hydrogen-bond acceptors (Lipinski definition) is 2. The maximum Gasteiger partial charge on any atom is 0.345 e. The molecule has 0 radical (unpaired) electrons. The molecule has 1 heterocycles. The molecule has 3 heteroatoms. The maximum absolute atomic E-state index is 11.1. The normalized spacial score (nSPS) is 9.75. The van der Waals surface area contributed by atoms with E-state index in [9.17, 15) is 4.79 Å². The van der Waals surface area contributed by atoms with Crippen molar-refractivity contribution >= 4 is 0 Å². The van der Waals surface area contributed by atoms with E-state index < -0.39 is 0 Å². The van der Waals surface area contributed by atoms with Gasteiger partial charge in [0.15, 0.2) is 0 Å². The van der Waals surface area contributed by atoms with Crippen molar-refractivity contribution in [1.29, 1.82) is 0 Å². The molecule has 1 aromatic heterocycles. The minimum absolute atomic E-state index is 0.259. The number of hydrogen-bond donors (Lipinski definition) is 1. The lowest BCUT2D eigenvalue weighted by Gasteiger charge is -2.06. The first-order valence-electron chi connectivity index (χ1n) is 7.32. The number of aryl methyl sites for hydroxylation is 3. The van der Waals surface area contributed by atoms with E-state index in [2.05, 4.69) is 35.9 Å². The van der Waals surface area contributed by atoms with E-state index in [0.29, 0.717) is 0 Å². The molecule has 1 N–H and O–H groups in total. The van der Waals surface area contributed by atoms with Crippen molar-refractivity contribution in [1.82, 2.24) is 9.97 Å². The molecule has 0 fully saturated rings. The zero-order valence-electron chi connectivity index (χ0n) is 12.6. The topological polar surface area (TPSA) is 45.8 Å². The van der Waals surface area contributed by atoms with Crippen LogP contribution in [0.15, 0.2) is 41.3 Å². The van der Waals surface area contributed by atoms with E-state index in [1.807, 2.05) is 25.1 Å². The molecule has 0 aliphatic rings. The number of rotatable bonds is 4. The first-order valence-corrected chi connectivity index (χ1v) is 7.32. The first-order chi connectivity index (χ1) is 9.71. The first kappa shape index (κ1) is 16.2. The average molecular weight is 272 g/mol. The van der Waals surface area contributed by atoms with E-state index in [-0.39, 0.29) is 5.69 Å². The van der Waals surface area contributed by atoms with Crippen LogP contribution in [0.1, 0.15) is 44.0 Å². The van der Waals surface area contributed by atoms with Crippen LogP contribution in [0, 0.1) is 0 Å². The van der Waals surface area contributed by atoms with E-state index >= 15 is 0 Å². The summed E-state index contributed by atoms with van der Waals surface area (Å²) in [5.41, 5.74) is 3.18. The molecule has 0 unspecified atom stereocenters. The van der Waals surface area contributed by atoms with Crippen LogP contribution in [-0.4, -0.2) is 9.97 Å². The lowest BCUT2D eigenvalue weighted by molar-refractivity contribution is 0.860. The van der Waals surface area contributed by atoms with Crippen LogP contribution in [0.2, 0.25) is 0 Å². The highest BCUT2D eigenvalue weighted by Gasteiger charge is 2.03. The lowest BCUT2D eigenvalue weighted by Crippen LogP contribution is -2.14. The monoisotopic (exact) mass is 272 g/mol. The standard InChI is InChI=1S/C14H16N2O.C3H8/c1-2-13-12(10-15-14(17)16-13)9-8-11-6-4-3-5-7-11;1-3-2/h3-7,10H,2,8-9H2,1H3,(H,15,16,17);3H2,1-2H3. The van der Waals surface area contributed by atoms with E-state index in [1.165, 1.54) is 12.0 Å². The van der Waals surface area contributed by atoms with Gasteiger partial charge in [0.2, 0.25) is 0 Å². The summed E-state index contributed by atoms with van der Waals surface area (Å²) in [6.07, 6.45) is 5.67. The maximum atomic E-state index is 11.1. The Balaban J connectivity index is 0.000000612. The fraction of sp³-hybridized carbons (Fsp3) is 0.412. The Morgan fingerprint density at radius 3 is 2.30 bits per heavy atom. The molecule has 108 valence electrons. The van der Waals surface area contributed by atoms with Crippen molar-refractivity contribution in [3.05, 3.63) is 63.8 Å². The quantitative estimate of drug-likeness (QED) is 0.925. The number of aromatic amines is 1. The second-order valence-corrected chi connectivity index (χ2v) is 4.74. The molecule has 0 saturated heterocycles. The van der Waals surface area contributed by atoms with Crippen LogP contribution in [0.3, 0.4) is 0 Å². The Kier molecular flexibility index (Phi) is 7.33. The van der Waals surface area contributed by atoms with Crippen LogP contribution >= 0.6 is 0 Å². The van der Waals surface area contributed by atoms with Crippen LogP contribution in [0.25, 0.3) is 0 Å².